The zero-order valence-corrected chi connectivity index (χ0v) is 12.9. The molecule has 1 heterocycles. The molecule has 108 valence electrons. The molecule has 1 unspecified atom stereocenters. The third-order valence-corrected chi connectivity index (χ3v) is 4.03. The molecule has 0 radical (unpaired) electrons. The van der Waals surface area contributed by atoms with Crippen LogP contribution in [0.4, 0.5) is 0 Å². The van der Waals surface area contributed by atoms with E-state index >= 15 is 0 Å². The first kappa shape index (κ1) is 16.1. The third-order valence-electron chi connectivity index (χ3n) is 3.15. The Bertz CT molecular complexity index is 365. The number of hydrogen-bond donors (Lipinski definition) is 2. The number of carbonyl (C=O) groups is 1. The number of nitrogens with zero attached hydrogens (tertiary/aromatic N) is 1. The van der Waals surface area contributed by atoms with Gasteiger partial charge in [-0.05, 0) is 37.4 Å². The summed E-state index contributed by atoms with van der Waals surface area (Å²) in [6, 6.07) is 4.22. The summed E-state index contributed by atoms with van der Waals surface area (Å²) in [6.45, 7) is 6.15. The summed E-state index contributed by atoms with van der Waals surface area (Å²) in [5.74, 6) is 0.551. The maximum atomic E-state index is 11.7. The molecule has 1 rings (SSSR count). The number of carbonyl (C=O) groups excluding carboxylic acids is 1. The van der Waals surface area contributed by atoms with Crippen LogP contribution in [0.1, 0.15) is 25.1 Å². The molecule has 1 aromatic rings. The van der Waals surface area contributed by atoms with Crippen LogP contribution in [-0.4, -0.2) is 37.0 Å². The third kappa shape index (κ3) is 6.71. The van der Waals surface area contributed by atoms with Crippen LogP contribution in [-0.2, 0) is 11.3 Å². The van der Waals surface area contributed by atoms with E-state index in [1.54, 1.807) is 11.3 Å². The van der Waals surface area contributed by atoms with Gasteiger partial charge >= 0.3 is 0 Å². The normalized spacial score (nSPS) is 12.9. The zero-order valence-electron chi connectivity index (χ0n) is 12.1. The Morgan fingerprint density at radius 3 is 2.84 bits per heavy atom. The largest absolute Gasteiger partial charge is 0.350 e. The Kier molecular flexibility index (Phi) is 7.05. The minimum atomic E-state index is 0.0639. The van der Waals surface area contributed by atoms with Crippen molar-refractivity contribution in [2.45, 2.75) is 32.9 Å². The lowest BCUT2D eigenvalue weighted by Crippen LogP contribution is -2.37. The minimum Gasteiger partial charge on any atom is -0.350 e. The van der Waals surface area contributed by atoms with Gasteiger partial charge in [-0.15, -0.1) is 11.3 Å². The number of hydrogen-bond acceptors (Lipinski definition) is 4. The lowest BCUT2D eigenvalue weighted by atomic mass is 10.0. The van der Waals surface area contributed by atoms with Gasteiger partial charge in [0.25, 0.3) is 0 Å². The summed E-state index contributed by atoms with van der Waals surface area (Å²) in [7, 11) is 1.96. The second-order valence-electron chi connectivity index (χ2n) is 5.29. The molecule has 19 heavy (non-hydrogen) atoms. The fraction of sp³-hybridized carbons (Fsp3) is 0.643. The fourth-order valence-corrected chi connectivity index (χ4v) is 2.33. The average molecular weight is 283 g/mol. The van der Waals surface area contributed by atoms with Gasteiger partial charge in [0.15, 0.2) is 0 Å². The molecule has 0 aliphatic carbocycles. The van der Waals surface area contributed by atoms with E-state index in [0.29, 0.717) is 19.0 Å². The van der Waals surface area contributed by atoms with Crippen molar-refractivity contribution in [1.29, 1.82) is 0 Å². The van der Waals surface area contributed by atoms with E-state index < -0.39 is 0 Å². The molecule has 0 saturated heterocycles. The first-order chi connectivity index (χ1) is 8.99. The molecular weight excluding hydrogens is 258 g/mol. The second kappa shape index (κ2) is 8.30. The summed E-state index contributed by atoms with van der Waals surface area (Å²) in [4.78, 5) is 14.9. The van der Waals surface area contributed by atoms with Gasteiger partial charge in [-0.1, -0.05) is 19.9 Å². The molecule has 0 aliphatic heterocycles. The smallest absolute Gasteiger partial charge is 0.234 e. The van der Waals surface area contributed by atoms with Crippen LogP contribution in [0.3, 0.4) is 0 Å². The highest BCUT2D eigenvalue weighted by Crippen LogP contribution is 2.07. The van der Waals surface area contributed by atoms with Crippen LogP contribution >= 0.6 is 11.3 Å². The predicted molar refractivity (Wildman–Crippen MR) is 81.1 cm³/mol. The van der Waals surface area contributed by atoms with Gasteiger partial charge < -0.3 is 11.1 Å². The van der Waals surface area contributed by atoms with Crippen molar-refractivity contribution in [3.63, 3.8) is 0 Å². The van der Waals surface area contributed by atoms with Crippen LogP contribution in [0.15, 0.2) is 17.5 Å². The van der Waals surface area contributed by atoms with Crippen molar-refractivity contribution in [3.05, 3.63) is 22.4 Å². The van der Waals surface area contributed by atoms with Crippen molar-refractivity contribution in [1.82, 2.24) is 10.2 Å². The summed E-state index contributed by atoms with van der Waals surface area (Å²) in [5.41, 5.74) is 5.99. The number of thiophene rings is 1. The molecule has 3 N–H and O–H groups in total. The molecule has 1 amide bonds. The number of rotatable bonds is 8. The molecule has 0 aliphatic rings. The van der Waals surface area contributed by atoms with Gasteiger partial charge in [0.2, 0.25) is 5.91 Å². The van der Waals surface area contributed by atoms with Gasteiger partial charge in [0.1, 0.15) is 0 Å². The summed E-state index contributed by atoms with van der Waals surface area (Å²) < 4.78 is 0. The van der Waals surface area contributed by atoms with Crippen molar-refractivity contribution in [2.75, 3.05) is 20.1 Å². The number of nitrogens with one attached hydrogen (secondary N) is 1. The SMILES string of the molecule is CC(C)C(N)CCN(C)CC(=O)NCc1cccs1. The van der Waals surface area contributed by atoms with Gasteiger partial charge in [0, 0.05) is 10.9 Å². The Balaban J connectivity index is 2.17. The lowest BCUT2D eigenvalue weighted by molar-refractivity contribution is -0.122. The predicted octanol–water partition coefficient (Wildman–Crippen LogP) is 1.67. The van der Waals surface area contributed by atoms with Crippen LogP contribution in [0.2, 0.25) is 0 Å². The molecule has 0 aromatic carbocycles. The van der Waals surface area contributed by atoms with Gasteiger partial charge in [0.05, 0.1) is 13.1 Å². The van der Waals surface area contributed by atoms with Crippen molar-refractivity contribution >= 4 is 17.2 Å². The van der Waals surface area contributed by atoms with E-state index in [1.807, 2.05) is 29.5 Å². The van der Waals surface area contributed by atoms with Crippen LogP contribution in [0.25, 0.3) is 0 Å². The van der Waals surface area contributed by atoms with Crippen molar-refractivity contribution in [3.8, 4) is 0 Å². The Morgan fingerprint density at radius 1 is 1.53 bits per heavy atom. The standard InChI is InChI=1S/C14H25N3OS/c1-11(2)13(15)6-7-17(3)10-14(18)16-9-12-5-4-8-19-12/h4-5,8,11,13H,6-7,9-10,15H2,1-3H3,(H,16,18). The molecule has 0 saturated carbocycles. The van der Waals surface area contributed by atoms with Crippen molar-refractivity contribution in [2.24, 2.45) is 11.7 Å². The van der Waals surface area contributed by atoms with E-state index in [-0.39, 0.29) is 11.9 Å². The van der Waals surface area contributed by atoms with Crippen molar-refractivity contribution < 1.29 is 4.79 Å². The van der Waals surface area contributed by atoms with Gasteiger partial charge in [-0.25, -0.2) is 0 Å². The summed E-state index contributed by atoms with van der Waals surface area (Å²) >= 11 is 1.66. The fourth-order valence-electron chi connectivity index (χ4n) is 1.68. The lowest BCUT2D eigenvalue weighted by Gasteiger charge is -2.20. The Labute approximate surface area is 120 Å². The molecule has 0 fully saturated rings. The van der Waals surface area contributed by atoms with E-state index in [0.717, 1.165) is 13.0 Å². The van der Waals surface area contributed by atoms with E-state index in [1.165, 1.54) is 4.88 Å². The Hall–Kier alpha value is -0.910. The maximum absolute atomic E-state index is 11.7. The molecule has 0 spiro atoms. The van der Waals surface area contributed by atoms with Crippen LogP contribution in [0.5, 0.6) is 0 Å². The van der Waals surface area contributed by atoms with Gasteiger partial charge in [-0.2, -0.15) is 0 Å². The van der Waals surface area contributed by atoms with E-state index in [4.69, 9.17) is 5.73 Å². The number of likely N-dealkylation sites (N-methyl/N-ethyl adjacent to an activating group) is 1. The van der Waals surface area contributed by atoms with E-state index in [9.17, 15) is 4.79 Å². The second-order valence-corrected chi connectivity index (χ2v) is 6.32. The summed E-state index contributed by atoms with van der Waals surface area (Å²) in [5, 5.41) is 4.94. The molecule has 1 atom stereocenters. The number of amides is 1. The zero-order chi connectivity index (χ0) is 14.3. The monoisotopic (exact) mass is 283 g/mol. The molecule has 4 nitrogen and oxygen atoms in total. The van der Waals surface area contributed by atoms with Gasteiger partial charge in [-0.3, -0.25) is 9.69 Å². The quantitative estimate of drug-likeness (QED) is 0.763. The van der Waals surface area contributed by atoms with Crippen LogP contribution < -0.4 is 11.1 Å². The highest BCUT2D eigenvalue weighted by molar-refractivity contribution is 7.09. The van der Waals surface area contributed by atoms with E-state index in [2.05, 4.69) is 19.2 Å². The first-order valence-corrected chi connectivity index (χ1v) is 7.60. The topological polar surface area (TPSA) is 58.4 Å². The van der Waals surface area contributed by atoms with Crippen LogP contribution in [0, 0.1) is 5.92 Å². The highest BCUT2D eigenvalue weighted by atomic mass is 32.1. The number of nitrogens with two attached hydrogens (primary N) is 1. The molecule has 0 bridgehead atoms. The minimum absolute atomic E-state index is 0.0639. The summed E-state index contributed by atoms with van der Waals surface area (Å²) in [6.07, 6.45) is 0.923. The maximum Gasteiger partial charge on any atom is 0.234 e. The molecule has 5 heteroatoms. The highest BCUT2D eigenvalue weighted by Gasteiger charge is 2.11. The first-order valence-electron chi connectivity index (χ1n) is 6.72. The molecular formula is C14H25N3OS. The Morgan fingerprint density at radius 2 is 2.26 bits per heavy atom. The molecule has 1 aromatic heterocycles. The average Bonchev–Trinajstić information content (AvgIpc) is 2.86.